The van der Waals surface area contributed by atoms with Crippen LogP contribution in [-0.4, -0.2) is 5.78 Å². The normalized spacial score (nSPS) is 10.3. The van der Waals surface area contributed by atoms with E-state index in [-0.39, 0.29) is 5.78 Å². The molecular weight excluding hydrogens is 412 g/mol. The third kappa shape index (κ3) is 2.69. The molecule has 0 amide bonds. The highest BCUT2D eigenvalue weighted by molar-refractivity contribution is 9.13. The van der Waals surface area contributed by atoms with Gasteiger partial charge in [-0.25, -0.2) is 0 Å². The summed E-state index contributed by atoms with van der Waals surface area (Å²) in [5, 5.41) is 0. The molecule has 0 saturated carbocycles. The van der Waals surface area contributed by atoms with Gasteiger partial charge in [0.25, 0.3) is 0 Å². The zero-order chi connectivity index (χ0) is 12.4. The largest absolute Gasteiger partial charge is 0.289 e. The van der Waals surface area contributed by atoms with E-state index in [9.17, 15) is 4.79 Å². The van der Waals surface area contributed by atoms with Crippen molar-refractivity contribution >= 4 is 53.6 Å². The first-order valence-electron chi connectivity index (χ1n) is 4.84. The standard InChI is InChI=1S/C13H7Br3O/c14-10-6-2-1-4-8(10)13(17)9-5-3-7-11(15)12(9)16/h1-7H. The average molecular weight is 419 g/mol. The number of ketones is 1. The van der Waals surface area contributed by atoms with Crippen LogP contribution in [-0.2, 0) is 0 Å². The molecule has 2 rings (SSSR count). The van der Waals surface area contributed by atoms with Gasteiger partial charge in [0.15, 0.2) is 5.78 Å². The summed E-state index contributed by atoms with van der Waals surface area (Å²) in [5.41, 5.74) is 1.30. The zero-order valence-electron chi connectivity index (χ0n) is 8.58. The van der Waals surface area contributed by atoms with Crippen LogP contribution in [0.1, 0.15) is 15.9 Å². The second-order valence-electron chi connectivity index (χ2n) is 3.41. The Kier molecular flexibility index (Phi) is 4.17. The van der Waals surface area contributed by atoms with E-state index in [2.05, 4.69) is 47.8 Å². The minimum Gasteiger partial charge on any atom is -0.289 e. The maximum Gasteiger partial charge on any atom is 0.195 e. The first-order chi connectivity index (χ1) is 8.11. The fourth-order valence-corrected chi connectivity index (χ4v) is 2.75. The van der Waals surface area contributed by atoms with Gasteiger partial charge in [0.1, 0.15) is 0 Å². The van der Waals surface area contributed by atoms with E-state index in [0.717, 1.165) is 13.4 Å². The van der Waals surface area contributed by atoms with Crippen molar-refractivity contribution in [3.05, 3.63) is 67.0 Å². The van der Waals surface area contributed by atoms with E-state index in [4.69, 9.17) is 0 Å². The second kappa shape index (κ2) is 5.46. The Labute approximate surface area is 125 Å². The highest BCUT2D eigenvalue weighted by Crippen LogP contribution is 2.29. The van der Waals surface area contributed by atoms with Crippen molar-refractivity contribution in [2.45, 2.75) is 0 Å². The summed E-state index contributed by atoms with van der Waals surface area (Å²) >= 11 is 10.2. The lowest BCUT2D eigenvalue weighted by molar-refractivity contribution is 0.103. The van der Waals surface area contributed by atoms with E-state index in [1.54, 1.807) is 12.1 Å². The minimum absolute atomic E-state index is 0.00866. The molecule has 0 bridgehead atoms. The Morgan fingerprint density at radius 3 is 2.06 bits per heavy atom. The summed E-state index contributed by atoms with van der Waals surface area (Å²) < 4.78 is 2.45. The van der Waals surface area contributed by atoms with Crippen molar-refractivity contribution in [1.82, 2.24) is 0 Å². The molecule has 0 heterocycles. The number of halogens is 3. The zero-order valence-corrected chi connectivity index (χ0v) is 13.3. The lowest BCUT2D eigenvalue weighted by atomic mass is 10.0. The van der Waals surface area contributed by atoms with Gasteiger partial charge in [-0.2, -0.15) is 0 Å². The van der Waals surface area contributed by atoms with Gasteiger partial charge in [0, 0.05) is 24.5 Å². The molecule has 0 N–H and O–H groups in total. The molecule has 0 atom stereocenters. The van der Waals surface area contributed by atoms with Gasteiger partial charge in [0.2, 0.25) is 0 Å². The highest BCUT2D eigenvalue weighted by atomic mass is 79.9. The van der Waals surface area contributed by atoms with Crippen molar-refractivity contribution in [1.29, 1.82) is 0 Å². The first kappa shape index (κ1) is 13.0. The third-order valence-electron chi connectivity index (χ3n) is 2.31. The molecule has 0 radical (unpaired) electrons. The number of carbonyl (C=O) groups excluding carboxylic acids is 1. The van der Waals surface area contributed by atoms with E-state index in [0.29, 0.717) is 11.1 Å². The number of hydrogen-bond donors (Lipinski definition) is 0. The summed E-state index contributed by atoms with van der Waals surface area (Å²) in [4.78, 5) is 12.4. The molecule has 0 unspecified atom stereocenters. The van der Waals surface area contributed by atoms with Gasteiger partial charge >= 0.3 is 0 Å². The molecule has 2 aromatic carbocycles. The number of hydrogen-bond acceptors (Lipinski definition) is 1. The van der Waals surface area contributed by atoms with Gasteiger partial charge < -0.3 is 0 Å². The van der Waals surface area contributed by atoms with Crippen molar-refractivity contribution < 1.29 is 4.79 Å². The van der Waals surface area contributed by atoms with Crippen molar-refractivity contribution in [3.63, 3.8) is 0 Å². The van der Waals surface area contributed by atoms with E-state index in [1.807, 2.05) is 30.3 Å². The van der Waals surface area contributed by atoms with E-state index >= 15 is 0 Å². The molecule has 4 heteroatoms. The maximum atomic E-state index is 12.4. The van der Waals surface area contributed by atoms with Crippen LogP contribution in [0.15, 0.2) is 55.9 Å². The molecule has 0 aromatic heterocycles. The van der Waals surface area contributed by atoms with Crippen molar-refractivity contribution in [2.75, 3.05) is 0 Å². The fraction of sp³-hybridized carbons (Fsp3) is 0. The molecule has 0 saturated heterocycles. The molecule has 0 aliphatic heterocycles. The third-order valence-corrected chi connectivity index (χ3v) is 5.05. The molecule has 0 spiro atoms. The van der Waals surface area contributed by atoms with Crippen molar-refractivity contribution in [2.24, 2.45) is 0 Å². The Bertz CT molecular complexity index is 579. The lowest BCUT2D eigenvalue weighted by Crippen LogP contribution is -2.03. The number of benzene rings is 2. The van der Waals surface area contributed by atoms with Crippen LogP contribution in [0, 0.1) is 0 Å². The fourth-order valence-electron chi connectivity index (χ4n) is 1.47. The molecule has 17 heavy (non-hydrogen) atoms. The summed E-state index contributed by atoms with van der Waals surface area (Å²) in [6, 6.07) is 12.9. The van der Waals surface area contributed by atoms with Crippen LogP contribution in [0.5, 0.6) is 0 Å². The Hall–Kier alpha value is -0.450. The second-order valence-corrected chi connectivity index (χ2v) is 5.91. The predicted octanol–water partition coefficient (Wildman–Crippen LogP) is 5.21. The van der Waals surface area contributed by atoms with Crippen LogP contribution in [0.25, 0.3) is 0 Å². The van der Waals surface area contributed by atoms with Gasteiger partial charge in [-0.1, -0.05) is 34.1 Å². The molecule has 0 aliphatic rings. The van der Waals surface area contributed by atoms with Crippen LogP contribution < -0.4 is 0 Å². The minimum atomic E-state index is -0.00866. The van der Waals surface area contributed by atoms with Gasteiger partial charge in [-0.15, -0.1) is 0 Å². The monoisotopic (exact) mass is 416 g/mol. The summed E-state index contributed by atoms with van der Waals surface area (Å²) in [6.45, 7) is 0. The topological polar surface area (TPSA) is 17.1 Å². The lowest BCUT2D eigenvalue weighted by Gasteiger charge is -2.06. The molecule has 0 fully saturated rings. The summed E-state index contributed by atoms with van der Waals surface area (Å²) in [6.07, 6.45) is 0. The Balaban J connectivity index is 2.52. The molecule has 0 aliphatic carbocycles. The number of rotatable bonds is 2. The van der Waals surface area contributed by atoms with Gasteiger partial charge in [-0.05, 0) is 56.1 Å². The van der Waals surface area contributed by atoms with Crippen LogP contribution >= 0.6 is 47.8 Å². The SMILES string of the molecule is O=C(c1ccccc1Br)c1cccc(Br)c1Br. The van der Waals surface area contributed by atoms with Crippen LogP contribution in [0.3, 0.4) is 0 Å². The van der Waals surface area contributed by atoms with Gasteiger partial charge in [-0.3, -0.25) is 4.79 Å². The highest BCUT2D eigenvalue weighted by Gasteiger charge is 2.15. The first-order valence-corrected chi connectivity index (χ1v) is 7.22. The maximum absolute atomic E-state index is 12.4. The van der Waals surface area contributed by atoms with Gasteiger partial charge in [0.05, 0.1) is 0 Å². The van der Waals surface area contributed by atoms with Crippen LogP contribution in [0.2, 0.25) is 0 Å². The Morgan fingerprint density at radius 2 is 1.35 bits per heavy atom. The molecule has 2 aromatic rings. The smallest absolute Gasteiger partial charge is 0.195 e. The molecule has 86 valence electrons. The van der Waals surface area contributed by atoms with Crippen molar-refractivity contribution in [3.8, 4) is 0 Å². The number of carbonyl (C=O) groups is 1. The summed E-state index contributed by atoms with van der Waals surface area (Å²) in [5.74, 6) is -0.00866. The molecule has 1 nitrogen and oxygen atoms in total. The summed E-state index contributed by atoms with van der Waals surface area (Å²) in [7, 11) is 0. The average Bonchev–Trinajstić information content (AvgIpc) is 2.32. The van der Waals surface area contributed by atoms with Crippen LogP contribution in [0.4, 0.5) is 0 Å². The molecular formula is C13H7Br3O. The van der Waals surface area contributed by atoms with E-state index in [1.165, 1.54) is 0 Å². The Morgan fingerprint density at radius 1 is 0.765 bits per heavy atom. The van der Waals surface area contributed by atoms with E-state index < -0.39 is 0 Å². The predicted molar refractivity (Wildman–Crippen MR) is 79.4 cm³/mol. The quantitative estimate of drug-likeness (QED) is 0.612.